The van der Waals surface area contributed by atoms with Crippen LogP contribution in [0.5, 0.6) is 11.5 Å². The Labute approximate surface area is 174 Å². The van der Waals surface area contributed by atoms with Crippen LogP contribution in [0.15, 0.2) is 54.6 Å². The van der Waals surface area contributed by atoms with Gasteiger partial charge in [-0.2, -0.15) is 0 Å². The fourth-order valence-corrected chi connectivity index (χ4v) is 2.33. The lowest BCUT2D eigenvalue weighted by atomic mass is 10.2. The largest absolute Gasteiger partial charge is 0.513 e. The van der Waals surface area contributed by atoms with E-state index in [1.165, 1.54) is 30.3 Å². The zero-order valence-electron chi connectivity index (χ0n) is 16.8. The van der Waals surface area contributed by atoms with Gasteiger partial charge in [-0.15, -0.1) is 0 Å². The van der Waals surface area contributed by atoms with E-state index in [1.807, 2.05) is 24.3 Å². The summed E-state index contributed by atoms with van der Waals surface area (Å²) in [4.78, 5) is 35.2. The predicted octanol–water partition coefficient (Wildman–Crippen LogP) is 2.79. The second-order valence-electron chi connectivity index (χ2n) is 5.96. The van der Waals surface area contributed by atoms with Crippen LogP contribution in [-0.2, 0) is 9.53 Å². The molecule has 0 aromatic heterocycles. The normalized spacial score (nSPS) is 10.3. The van der Waals surface area contributed by atoms with Gasteiger partial charge in [0, 0.05) is 24.7 Å². The topological polar surface area (TPSA) is 103 Å². The van der Waals surface area contributed by atoms with Gasteiger partial charge in [0.2, 0.25) is 5.91 Å². The van der Waals surface area contributed by atoms with Crippen LogP contribution in [0.2, 0.25) is 0 Å². The molecule has 0 saturated carbocycles. The maximum Gasteiger partial charge on any atom is 0.513 e. The molecule has 0 atom stereocenters. The van der Waals surface area contributed by atoms with Gasteiger partial charge in [0.05, 0.1) is 13.7 Å². The number of ether oxygens (including phenoxy) is 3. The summed E-state index contributed by atoms with van der Waals surface area (Å²) in [6.07, 6.45) is 2.31. The zero-order chi connectivity index (χ0) is 21.8. The Hall–Kier alpha value is -3.81. The van der Waals surface area contributed by atoms with Gasteiger partial charge in [-0.25, -0.2) is 4.79 Å². The van der Waals surface area contributed by atoms with Crippen molar-refractivity contribution in [2.24, 2.45) is 0 Å². The molecule has 0 bridgehead atoms. The third kappa shape index (κ3) is 7.67. The van der Waals surface area contributed by atoms with E-state index in [1.54, 1.807) is 20.1 Å². The van der Waals surface area contributed by atoms with Gasteiger partial charge in [0.25, 0.3) is 5.91 Å². The van der Waals surface area contributed by atoms with Gasteiger partial charge in [-0.3, -0.25) is 9.59 Å². The van der Waals surface area contributed by atoms with E-state index in [-0.39, 0.29) is 37.3 Å². The number of rotatable bonds is 9. The number of carbonyl (C=O) groups is 3. The Morgan fingerprint density at radius 3 is 2.17 bits per heavy atom. The Morgan fingerprint density at radius 2 is 1.53 bits per heavy atom. The molecule has 2 amide bonds. The molecule has 2 rings (SSSR count). The molecule has 2 aromatic carbocycles. The van der Waals surface area contributed by atoms with Gasteiger partial charge < -0.3 is 24.8 Å². The number of benzene rings is 2. The summed E-state index contributed by atoms with van der Waals surface area (Å²) >= 11 is 0. The van der Waals surface area contributed by atoms with Crippen LogP contribution in [0, 0.1) is 0 Å². The molecular formula is C22H24N2O6. The fourth-order valence-electron chi connectivity index (χ4n) is 2.33. The highest BCUT2D eigenvalue weighted by molar-refractivity contribution is 5.94. The molecule has 30 heavy (non-hydrogen) atoms. The van der Waals surface area contributed by atoms with Gasteiger partial charge in [-0.05, 0) is 55.0 Å². The highest BCUT2D eigenvalue weighted by Gasteiger charge is 2.08. The molecule has 0 aliphatic rings. The van der Waals surface area contributed by atoms with Crippen molar-refractivity contribution in [3.05, 3.63) is 65.7 Å². The summed E-state index contributed by atoms with van der Waals surface area (Å²) in [5, 5.41) is 5.39. The Morgan fingerprint density at radius 1 is 0.900 bits per heavy atom. The Bertz CT molecular complexity index is 876. The average molecular weight is 412 g/mol. The lowest BCUT2D eigenvalue weighted by Gasteiger charge is -2.07. The van der Waals surface area contributed by atoms with Crippen LogP contribution in [-0.4, -0.2) is 44.8 Å². The zero-order valence-corrected chi connectivity index (χ0v) is 16.8. The number of hydrogen-bond acceptors (Lipinski definition) is 6. The van der Waals surface area contributed by atoms with Gasteiger partial charge >= 0.3 is 6.16 Å². The molecule has 0 radical (unpaired) electrons. The van der Waals surface area contributed by atoms with Gasteiger partial charge in [-0.1, -0.05) is 12.1 Å². The number of hydrogen-bond donors (Lipinski definition) is 2. The van der Waals surface area contributed by atoms with Crippen molar-refractivity contribution in [2.75, 3.05) is 26.8 Å². The lowest BCUT2D eigenvalue weighted by molar-refractivity contribution is -0.116. The first kappa shape index (κ1) is 22.5. The Kier molecular flexibility index (Phi) is 8.92. The fraction of sp³-hybridized carbons (Fsp3) is 0.227. The molecule has 0 aliphatic heterocycles. The smallest absolute Gasteiger partial charge is 0.497 e. The number of amides is 2. The Balaban J connectivity index is 1.70. The first-order valence-corrected chi connectivity index (χ1v) is 9.34. The summed E-state index contributed by atoms with van der Waals surface area (Å²) in [6, 6.07) is 13.3. The molecule has 2 N–H and O–H groups in total. The lowest BCUT2D eigenvalue weighted by Crippen LogP contribution is -2.33. The van der Waals surface area contributed by atoms with Crippen LogP contribution in [0.3, 0.4) is 0 Å². The minimum atomic E-state index is -0.800. The second-order valence-corrected chi connectivity index (χ2v) is 5.96. The standard InChI is InChI=1S/C22H24N2O6/c1-3-29-22(27)30-19-11-7-17(8-12-19)21(26)24-15-14-23-20(25)13-6-16-4-9-18(28-2)10-5-16/h4-13H,3,14-15H2,1-2H3,(H,23,25)(H,24,26)/b13-6+. The average Bonchev–Trinajstić information content (AvgIpc) is 2.76. The van der Waals surface area contributed by atoms with E-state index in [4.69, 9.17) is 9.47 Å². The minimum absolute atomic E-state index is 0.215. The summed E-state index contributed by atoms with van der Waals surface area (Å²) in [5.74, 6) is 0.454. The molecule has 0 spiro atoms. The first-order valence-electron chi connectivity index (χ1n) is 9.34. The predicted molar refractivity (Wildman–Crippen MR) is 111 cm³/mol. The number of nitrogens with one attached hydrogen (secondary N) is 2. The quantitative estimate of drug-likeness (QED) is 0.284. The van der Waals surface area contributed by atoms with E-state index in [0.717, 1.165) is 11.3 Å². The van der Waals surface area contributed by atoms with Gasteiger partial charge in [0.1, 0.15) is 11.5 Å². The summed E-state index contributed by atoms with van der Waals surface area (Å²) in [7, 11) is 1.59. The molecule has 0 heterocycles. The van der Waals surface area contributed by atoms with Crippen molar-refractivity contribution >= 4 is 24.0 Å². The van der Waals surface area contributed by atoms with Crippen molar-refractivity contribution in [2.45, 2.75) is 6.92 Å². The maximum atomic E-state index is 12.1. The monoisotopic (exact) mass is 412 g/mol. The van der Waals surface area contributed by atoms with Crippen LogP contribution < -0.4 is 20.1 Å². The molecule has 8 nitrogen and oxygen atoms in total. The second kappa shape index (κ2) is 11.9. The van der Waals surface area contributed by atoms with E-state index < -0.39 is 6.16 Å². The minimum Gasteiger partial charge on any atom is -0.497 e. The molecule has 0 fully saturated rings. The summed E-state index contributed by atoms with van der Waals surface area (Å²) < 4.78 is 14.7. The molecule has 0 aliphatic carbocycles. The summed E-state index contributed by atoms with van der Waals surface area (Å²) in [5.41, 5.74) is 1.27. The van der Waals surface area contributed by atoms with Crippen molar-refractivity contribution in [1.29, 1.82) is 0 Å². The highest BCUT2D eigenvalue weighted by atomic mass is 16.7. The van der Waals surface area contributed by atoms with E-state index in [0.29, 0.717) is 5.56 Å². The van der Waals surface area contributed by atoms with Crippen LogP contribution >= 0.6 is 0 Å². The van der Waals surface area contributed by atoms with Crippen LogP contribution in [0.1, 0.15) is 22.8 Å². The molecule has 158 valence electrons. The van der Waals surface area contributed by atoms with Crippen molar-refractivity contribution < 1.29 is 28.6 Å². The third-order valence-corrected chi connectivity index (χ3v) is 3.83. The molecular weight excluding hydrogens is 388 g/mol. The summed E-state index contributed by atoms with van der Waals surface area (Å²) in [6.45, 7) is 2.44. The van der Waals surface area contributed by atoms with E-state index in [9.17, 15) is 14.4 Å². The molecule has 2 aromatic rings. The third-order valence-electron chi connectivity index (χ3n) is 3.83. The van der Waals surface area contributed by atoms with E-state index >= 15 is 0 Å². The van der Waals surface area contributed by atoms with Crippen molar-refractivity contribution in [3.8, 4) is 11.5 Å². The maximum absolute atomic E-state index is 12.1. The van der Waals surface area contributed by atoms with Crippen molar-refractivity contribution in [1.82, 2.24) is 10.6 Å². The number of methoxy groups -OCH3 is 1. The SMILES string of the molecule is CCOC(=O)Oc1ccc(C(=O)NCCNC(=O)/C=C/c2ccc(OC)cc2)cc1. The molecule has 0 unspecified atom stereocenters. The van der Waals surface area contributed by atoms with Crippen molar-refractivity contribution in [3.63, 3.8) is 0 Å². The van der Waals surface area contributed by atoms with Crippen LogP contribution in [0.25, 0.3) is 6.08 Å². The molecule has 8 heteroatoms. The van der Waals surface area contributed by atoms with Gasteiger partial charge in [0.15, 0.2) is 0 Å². The van der Waals surface area contributed by atoms with Crippen LogP contribution in [0.4, 0.5) is 4.79 Å². The highest BCUT2D eigenvalue weighted by Crippen LogP contribution is 2.13. The first-order chi connectivity index (χ1) is 14.5. The van der Waals surface area contributed by atoms with E-state index in [2.05, 4.69) is 15.4 Å². The molecule has 0 saturated heterocycles. The number of carbonyl (C=O) groups excluding carboxylic acids is 3.